The van der Waals surface area contributed by atoms with Gasteiger partial charge in [0.25, 0.3) is 17.4 Å². The van der Waals surface area contributed by atoms with Gasteiger partial charge in [-0.2, -0.15) is 4.57 Å². The molecule has 14 heteroatoms. The van der Waals surface area contributed by atoms with Crippen LogP contribution in [0.4, 0.5) is 5.69 Å². The van der Waals surface area contributed by atoms with E-state index in [1.165, 1.54) is 57.8 Å². The molecule has 3 aliphatic heterocycles. The monoisotopic (exact) mass is 831 g/mol. The van der Waals surface area contributed by atoms with Crippen LogP contribution in [0.5, 0.6) is 23.0 Å². The van der Waals surface area contributed by atoms with Gasteiger partial charge in [0.1, 0.15) is 17.6 Å². The van der Waals surface area contributed by atoms with Crippen molar-refractivity contribution in [3.05, 3.63) is 77.4 Å². The van der Waals surface area contributed by atoms with Crippen LogP contribution >= 0.6 is 0 Å². The molecule has 6 rings (SSSR count). The van der Waals surface area contributed by atoms with Gasteiger partial charge in [0, 0.05) is 67.9 Å². The summed E-state index contributed by atoms with van der Waals surface area (Å²) in [5.74, 6) is -8.33. The smallest absolute Gasteiger partial charge is 0.312 e. The highest BCUT2D eigenvalue weighted by atomic mass is 16.7. The predicted molar refractivity (Wildman–Crippen MR) is 224 cm³/mol. The van der Waals surface area contributed by atoms with E-state index in [9.17, 15) is 39.9 Å². The normalized spacial score (nSPS) is 29.9. The van der Waals surface area contributed by atoms with E-state index in [0.717, 1.165) is 5.56 Å². The number of aromatic hydroxyl groups is 3. The van der Waals surface area contributed by atoms with Crippen LogP contribution in [0.2, 0.25) is 0 Å². The average Bonchev–Trinajstić information content (AvgIpc) is 3.46. The highest BCUT2D eigenvalue weighted by Gasteiger charge is 2.50. The second kappa shape index (κ2) is 17.3. The molecule has 1 aromatic heterocycles. The van der Waals surface area contributed by atoms with E-state index in [1.807, 2.05) is 32.9 Å². The van der Waals surface area contributed by atoms with Crippen molar-refractivity contribution in [3.63, 3.8) is 0 Å². The van der Waals surface area contributed by atoms with Crippen LogP contribution in [0.15, 0.2) is 60.7 Å². The molecule has 60 heavy (non-hydrogen) atoms. The first kappa shape index (κ1) is 45.6. The fourth-order valence-corrected chi connectivity index (χ4v) is 8.03. The molecule has 3 aliphatic rings. The van der Waals surface area contributed by atoms with Crippen LogP contribution in [-0.2, 0) is 29.2 Å². The Kier molecular flexibility index (Phi) is 13.1. The van der Waals surface area contributed by atoms with E-state index in [-0.39, 0.29) is 50.0 Å². The maximum absolute atomic E-state index is 14.5. The van der Waals surface area contributed by atoms with Gasteiger partial charge in [0.2, 0.25) is 0 Å². The molecule has 6 N–H and O–H groups in total. The maximum atomic E-state index is 14.5. The van der Waals surface area contributed by atoms with Crippen molar-refractivity contribution in [2.75, 3.05) is 12.4 Å². The largest absolute Gasteiger partial charge is 0.507 e. The molecule has 3 aromatic rings. The van der Waals surface area contributed by atoms with Crippen LogP contribution in [0.25, 0.3) is 16.5 Å². The van der Waals surface area contributed by atoms with Crippen molar-refractivity contribution in [1.29, 1.82) is 0 Å². The Labute approximate surface area is 350 Å². The number of aromatic nitrogens is 1. The quantitative estimate of drug-likeness (QED) is 0.0742. The van der Waals surface area contributed by atoms with E-state index in [1.54, 1.807) is 52.2 Å². The van der Waals surface area contributed by atoms with Gasteiger partial charge in [0.15, 0.2) is 29.6 Å². The first-order valence-corrected chi connectivity index (χ1v) is 20.1. The summed E-state index contributed by atoms with van der Waals surface area (Å²) >= 11 is 0. The number of nitrogens with one attached hydrogen (secondary N) is 1. The summed E-state index contributed by atoms with van der Waals surface area (Å²) in [6.07, 6.45) is 6.88. The Morgan fingerprint density at radius 3 is 2.12 bits per heavy atom. The topological polar surface area (TPSA) is 205 Å². The van der Waals surface area contributed by atoms with Crippen LogP contribution in [0, 0.1) is 30.6 Å². The number of nitrogens with zero attached hydrogens (tertiary/aromatic N) is 1. The third kappa shape index (κ3) is 8.45. The molecule has 0 saturated carbocycles. The second-order valence-corrected chi connectivity index (χ2v) is 17.3. The Morgan fingerprint density at radius 2 is 1.53 bits per heavy atom. The lowest BCUT2D eigenvalue weighted by molar-refractivity contribution is -0.595. The summed E-state index contributed by atoms with van der Waals surface area (Å²) in [5, 5.41) is 61.1. The summed E-state index contributed by atoms with van der Waals surface area (Å²) in [6.45, 7) is 18.7. The molecule has 0 spiro atoms. The van der Waals surface area contributed by atoms with E-state index < -0.39 is 88.8 Å². The van der Waals surface area contributed by atoms with Crippen molar-refractivity contribution >= 4 is 34.1 Å². The third-order valence-corrected chi connectivity index (χ3v) is 11.9. The van der Waals surface area contributed by atoms with Crippen LogP contribution < -0.4 is 14.6 Å². The van der Waals surface area contributed by atoms with Gasteiger partial charge in [-0.3, -0.25) is 14.4 Å². The minimum atomic E-state index is -2.05. The first-order valence-electron chi connectivity index (χ1n) is 20.1. The number of pyridine rings is 1. The van der Waals surface area contributed by atoms with Gasteiger partial charge in [-0.25, -0.2) is 0 Å². The van der Waals surface area contributed by atoms with E-state index >= 15 is 0 Å². The van der Waals surface area contributed by atoms with Crippen LogP contribution in [-0.4, -0.2) is 80.5 Å². The Hall–Kier alpha value is -5.44. The molecule has 9 unspecified atom stereocenters. The zero-order valence-corrected chi connectivity index (χ0v) is 36.4. The highest BCUT2D eigenvalue weighted by Crippen LogP contribution is 2.55. The number of allylic oxidation sites excluding steroid dienone is 2. The average molecular weight is 832 g/mol. The summed E-state index contributed by atoms with van der Waals surface area (Å²) in [7, 11) is 1.44. The molecule has 4 heterocycles. The van der Waals surface area contributed by atoms with E-state index in [4.69, 9.17) is 18.9 Å². The number of benzene rings is 2. The van der Waals surface area contributed by atoms with E-state index in [0.29, 0.717) is 0 Å². The molecule has 0 radical (unpaired) electrons. The zero-order valence-electron chi connectivity index (χ0n) is 36.4. The van der Waals surface area contributed by atoms with Crippen LogP contribution in [0.1, 0.15) is 90.7 Å². The van der Waals surface area contributed by atoms with Gasteiger partial charge < -0.3 is 49.8 Å². The highest BCUT2D eigenvalue weighted by molar-refractivity contribution is 6.22. The lowest BCUT2D eigenvalue weighted by Gasteiger charge is -2.38. The van der Waals surface area contributed by atoms with Crippen molar-refractivity contribution in [3.8, 4) is 28.7 Å². The molecule has 0 fully saturated rings. The Morgan fingerprint density at radius 1 is 0.900 bits per heavy atom. The van der Waals surface area contributed by atoms with Gasteiger partial charge >= 0.3 is 11.8 Å². The number of fused-ring (bicyclic) bond motifs is 14. The minimum Gasteiger partial charge on any atom is -0.507 e. The number of phenolic OH excluding ortho intramolecular Hbond substituents is 3. The van der Waals surface area contributed by atoms with Gasteiger partial charge in [0.05, 0.1) is 40.9 Å². The van der Waals surface area contributed by atoms with Crippen LogP contribution in [0.3, 0.4) is 0 Å². The molecule has 0 aliphatic carbocycles. The Balaban J connectivity index is 1.76. The van der Waals surface area contributed by atoms with Gasteiger partial charge in [-0.05, 0) is 30.9 Å². The number of carbonyl (C=O) groups is 3. The number of carbonyl (C=O) groups excluding carboxylic acids is 3. The number of amides is 1. The summed E-state index contributed by atoms with van der Waals surface area (Å²) in [5.41, 5.74) is 0.419. The summed E-state index contributed by atoms with van der Waals surface area (Å²) in [4.78, 5) is 40.7. The molecule has 0 saturated heterocycles. The molecule has 9 atom stereocenters. The van der Waals surface area contributed by atoms with Crippen molar-refractivity contribution in [2.24, 2.45) is 23.7 Å². The Bertz CT molecular complexity index is 2260. The van der Waals surface area contributed by atoms with Crippen molar-refractivity contribution in [1.82, 2.24) is 0 Å². The fraction of sp³-hybridized carbons (Fsp3) is 0.478. The zero-order chi connectivity index (χ0) is 44.8. The molecular formula is C46H59N2O12+. The number of aliphatic hydroxyl groups is 2. The predicted octanol–water partition coefficient (Wildman–Crippen LogP) is 6.33. The lowest BCUT2D eigenvalue weighted by Crippen LogP contribution is -2.46. The number of anilines is 1. The number of ketones is 1. The number of hydrogen-bond donors (Lipinski definition) is 6. The van der Waals surface area contributed by atoms with Gasteiger partial charge in [-0.15, -0.1) is 0 Å². The molecule has 5 bridgehead atoms. The number of methoxy groups -OCH3 is 1. The number of Topliss-reactive ketones (excluding diaryl/α,β-unsaturated/α-hetero) is 1. The third-order valence-electron chi connectivity index (χ3n) is 11.9. The number of hydrogen-bond acceptors (Lipinski definition) is 12. The number of phenols is 3. The molecule has 324 valence electrons. The fourth-order valence-electron chi connectivity index (χ4n) is 8.03. The lowest BCUT2D eigenvalue weighted by atomic mass is 9.78. The summed E-state index contributed by atoms with van der Waals surface area (Å²) < 4.78 is 25.2. The molecule has 2 aromatic carbocycles. The second-order valence-electron chi connectivity index (χ2n) is 17.3. The van der Waals surface area contributed by atoms with Gasteiger partial charge in [-0.1, -0.05) is 66.7 Å². The van der Waals surface area contributed by atoms with E-state index in [2.05, 4.69) is 5.32 Å². The number of ether oxygens (including phenoxy) is 4. The molecule has 1 amide bonds. The SMILES string of the molecule is COC1/C=C/OC2(C)Oc3c(C)c(O)c4c(O)c(c(-[n+]5ccc(C(C)(C)C)cc5)c(O)c4c3C2=O)NC(=O)/C(C)=C\C=C\C(C)C(O)C(C)C(O)C(C)C(OC(C)=O)C1C. The van der Waals surface area contributed by atoms with Crippen molar-refractivity contribution in [2.45, 2.75) is 112 Å². The number of aliphatic hydroxyl groups excluding tert-OH is 2. The summed E-state index contributed by atoms with van der Waals surface area (Å²) in [6, 6.07) is 3.64. The molecular weight excluding hydrogens is 773 g/mol. The van der Waals surface area contributed by atoms with Crippen molar-refractivity contribution < 1.29 is 63.4 Å². The standard InChI is InChI=1S/C46H58N2O12/c1-22-14-13-15-23(2)44(56)47-34-35(48-19-16-29(17-20-48)45(8,9)10)40(54)31-32(39(34)53)38(52)27(6)42-33(31)43(55)46(11,60-42)58-21-18-30(57-12)24(3)41(59-28(7)49)26(5)37(51)25(4)36(22)50/h13-22,24-26,30,36-37,41,50-51H,1-12H3,(H3-,47,52,53,54,55,56)/p+1/b14-13+,21-18+,23-15-. The molecule has 14 nitrogen and oxygen atoms in total. The number of rotatable bonds is 3. The number of esters is 1. The minimum absolute atomic E-state index is 0.0569. The first-order chi connectivity index (χ1) is 28.0. The maximum Gasteiger partial charge on any atom is 0.312 e.